The van der Waals surface area contributed by atoms with Gasteiger partial charge in [-0.05, 0) is 22.3 Å². The van der Waals surface area contributed by atoms with Crippen molar-refractivity contribution >= 4 is 47.8 Å². The van der Waals surface area contributed by atoms with E-state index >= 15 is 0 Å². The van der Waals surface area contributed by atoms with Crippen molar-refractivity contribution in [1.82, 2.24) is 8.61 Å². The van der Waals surface area contributed by atoms with Gasteiger partial charge in [0.1, 0.15) is 10.9 Å². The van der Waals surface area contributed by atoms with Gasteiger partial charge in [-0.2, -0.15) is 0 Å². The fourth-order valence-electron chi connectivity index (χ4n) is 3.58. The summed E-state index contributed by atoms with van der Waals surface area (Å²) >= 11 is 4.00. The Morgan fingerprint density at radius 2 is 1.24 bits per heavy atom. The Bertz CT molecular complexity index is 905. The molecule has 0 aromatic heterocycles. The first kappa shape index (κ1) is 24.1. The highest BCUT2D eigenvalue weighted by atomic mass is 32.2. The lowest BCUT2D eigenvalue weighted by Gasteiger charge is -2.27. The van der Waals surface area contributed by atoms with Crippen molar-refractivity contribution < 1.29 is 29.3 Å². The Kier molecular flexibility index (Phi) is 8.31. The molecule has 8 nitrogen and oxygen atoms in total. The zero-order chi connectivity index (χ0) is 23.2. The van der Waals surface area contributed by atoms with Crippen molar-refractivity contribution in [2.45, 2.75) is 24.0 Å². The molecule has 2 fully saturated rings. The monoisotopic (exact) mass is 508 g/mol. The van der Waals surface area contributed by atoms with E-state index in [9.17, 15) is 19.8 Å². The number of thioether (sulfide) groups is 2. The zero-order valence-corrected chi connectivity index (χ0v) is 20.1. The van der Waals surface area contributed by atoms with Gasteiger partial charge in [-0.15, -0.1) is 23.5 Å². The summed E-state index contributed by atoms with van der Waals surface area (Å²) in [6.45, 7) is 1.36. The van der Waals surface area contributed by atoms with E-state index in [1.807, 2.05) is 48.5 Å². The Hall–Kier alpha value is -2.05. The van der Waals surface area contributed by atoms with E-state index in [4.69, 9.17) is 9.47 Å². The normalized spacial score (nSPS) is 20.0. The second-order valence-electron chi connectivity index (χ2n) is 7.26. The summed E-state index contributed by atoms with van der Waals surface area (Å²) in [7, 11) is 0. The summed E-state index contributed by atoms with van der Waals surface area (Å²) in [6.07, 6.45) is -2.44. The van der Waals surface area contributed by atoms with E-state index in [0.717, 1.165) is 42.4 Å². The number of hydrogen-bond donors (Lipinski definition) is 2. The molecule has 0 bridgehead atoms. The minimum Gasteiger partial charge on any atom is -0.464 e. The van der Waals surface area contributed by atoms with Gasteiger partial charge in [0.05, 0.1) is 38.4 Å². The molecule has 4 rings (SSSR count). The summed E-state index contributed by atoms with van der Waals surface area (Å²) in [5, 5.41) is 19.7. The molecule has 0 radical (unpaired) electrons. The molecule has 0 saturated carbocycles. The van der Waals surface area contributed by atoms with E-state index in [2.05, 4.69) is 0 Å². The second kappa shape index (κ2) is 11.4. The van der Waals surface area contributed by atoms with Crippen LogP contribution in [-0.2, 0) is 22.6 Å². The van der Waals surface area contributed by atoms with E-state index in [1.165, 1.54) is 0 Å². The molecule has 2 amide bonds. The molecule has 2 N–H and O–H groups in total. The van der Waals surface area contributed by atoms with Crippen LogP contribution < -0.4 is 0 Å². The summed E-state index contributed by atoms with van der Waals surface area (Å²) in [5.74, 6) is 1.76. The van der Waals surface area contributed by atoms with Crippen LogP contribution in [0.5, 0.6) is 0 Å². The predicted molar refractivity (Wildman–Crippen MR) is 130 cm³/mol. The van der Waals surface area contributed by atoms with Gasteiger partial charge in [-0.25, -0.2) is 18.2 Å². The van der Waals surface area contributed by atoms with Crippen LogP contribution in [0.1, 0.15) is 33.1 Å². The van der Waals surface area contributed by atoms with Crippen molar-refractivity contribution in [1.29, 1.82) is 0 Å². The Labute approximate surface area is 204 Å². The maximum Gasteiger partial charge on any atom is 0.419 e. The largest absolute Gasteiger partial charge is 0.464 e. The van der Waals surface area contributed by atoms with Crippen LogP contribution in [0.15, 0.2) is 48.5 Å². The van der Waals surface area contributed by atoms with E-state index in [-0.39, 0.29) is 24.0 Å². The number of ether oxygens (including phenoxy) is 2. The number of hydrogen-bond acceptors (Lipinski definition) is 7. The average molecular weight is 509 g/mol. The highest BCUT2D eigenvalue weighted by Gasteiger charge is 2.28. The Balaban J connectivity index is 1.52. The van der Waals surface area contributed by atoms with E-state index in [1.54, 1.807) is 23.5 Å². The fourth-order valence-corrected chi connectivity index (χ4v) is 6.37. The molecule has 2 aromatic carbocycles. The molecular weight excluding hydrogens is 484 g/mol. The van der Waals surface area contributed by atoms with Gasteiger partial charge in [0.25, 0.3) is 0 Å². The summed E-state index contributed by atoms with van der Waals surface area (Å²) < 4.78 is 13.6. The first-order valence-electron chi connectivity index (χ1n) is 10.3. The molecule has 2 atom stereocenters. The highest BCUT2D eigenvalue weighted by molar-refractivity contribution is 7.99. The van der Waals surface area contributed by atoms with Gasteiger partial charge in [0.2, 0.25) is 0 Å². The number of carboxylic acid groups (broad SMARTS) is 2. The van der Waals surface area contributed by atoms with Crippen LogP contribution in [0.4, 0.5) is 9.59 Å². The Morgan fingerprint density at radius 1 is 0.818 bits per heavy atom. The van der Waals surface area contributed by atoms with Crippen LogP contribution in [-0.4, -0.2) is 55.7 Å². The lowest BCUT2D eigenvalue weighted by Crippen LogP contribution is -2.32. The van der Waals surface area contributed by atoms with Crippen LogP contribution in [0.25, 0.3) is 0 Å². The van der Waals surface area contributed by atoms with Crippen LogP contribution in [0.2, 0.25) is 0 Å². The highest BCUT2D eigenvalue weighted by Crippen LogP contribution is 2.39. The van der Waals surface area contributed by atoms with Crippen LogP contribution in [0.3, 0.4) is 0 Å². The van der Waals surface area contributed by atoms with Crippen LogP contribution in [0, 0.1) is 0 Å². The van der Waals surface area contributed by atoms with Crippen molar-refractivity contribution in [3.05, 3.63) is 70.8 Å². The molecule has 2 aliphatic heterocycles. The summed E-state index contributed by atoms with van der Waals surface area (Å²) in [6, 6.07) is 15.0. The van der Waals surface area contributed by atoms with Gasteiger partial charge in [0, 0.05) is 11.5 Å². The average Bonchev–Trinajstić information content (AvgIpc) is 3.53. The molecule has 2 saturated heterocycles. The van der Waals surface area contributed by atoms with E-state index in [0.29, 0.717) is 25.3 Å². The quantitative estimate of drug-likeness (QED) is 0.452. The van der Waals surface area contributed by atoms with Crippen molar-refractivity contribution in [3.63, 3.8) is 0 Å². The molecule has 2 heterocycles. The molecule has 11 heteroatoms. The van der Waals surface area contributed by atoms with Gasteiger partial charge in [0.15, 0.2) is 0 Å². The molecule has 0 aliphatic carbocycles. The summed E-state index contributed by atoms with van der Waals surface area (Å²) in [4.78, 5) is 24.1. The minimum atomic E-state index is -1.22. The molecule has 0 spiro atoms. The van der Waals surface area contributed by atoms with Gasteiger partial charge < -0.3 is 19.7 Å². The predicted octanol–water partition coefficient (Wildman–Crippen LogP) is 5.43. The van der Waals surface area contributed by atoms with Crippen LogP contribution >= 0.6 is 35.7 Å². The van der Waals surface area contributed by atoms with Gasteiger partial charge >= 0.3 is 12.2 Å². The van der Waals surface area contributed by atoms with Crippen molar-refractivity contribution in [2.75, 3.05) is 24.7 Å². The number of carbonyl (C=O) groups is 2. The molecular formula is C22H24N2O6S3. The molecule has 2 aromatic rings. The molecule has 2 unspecified atom stereocenters. The molecule has 2 aliphatic rings. The molecule has 33 heavy (non-hydrogen) atoms. The number of rotatable bonds is 8. The zero-order valence-electron chi connectivity index (χ0n) is 17.7. The third kappa shape index (κ3) is 6.10. The van der Waals surface area contributed by atoms with Gasteiger partial charge in [-0.1, -0.05) is 48.5 Å². The number of nitrogens with zero attached hydrogens (tertiary/aromatic N) is 2. The van der Waals surface area contributed by atoms with E-state index < -0.39 is 12.2 Å². The standard InChI is InChI=1S/C22H24N2O6S3/c25-21(26)23(13-15-5-1-3-7-17(15)19-29-9-11-31-19)33-24(22(27)28)14-16-6-2-4-8-18(16)20-30-10-12-32-20/h1-8,19-20H,9-14H2,(H,25,26)(H,27,28). The third-order valence-corrected chi connectivity index (χ3v) is 8.27. The smallest absolute Gasteiger partial charge is 0.419 e. The topological polar surface area (TPSA) is 99.5 Å². The number of benzene rings is 2. The maximum atomic E-state index is 12.0. The lowest BCUT2D eigenvalue weighted by molar-refractivity contribution is 0.142. The SMILES string of the molecule is O=C(O)N(Cc1ccccc1C1OCCS1)SN(Cc1ccccc1C1OCCS1)C(=O)O. The second-order valence-corrected chi connectivity index (χ2v) is 10.6. The lowest BCUT2D eigenvalue weighted by atomic mass is 10.1. The Morgan fingerprint density at radius 3 is 1.61 bits per heavy atom. The maximum absolute atomic E-state index is 12.0. The summed E-state index contributed by atoms with van der Waals surface area (Å²) in [5.41, 5.74) is 3.10. The van der Waals surface area contributed by atoms with Gasteiger partial charge in [-0.3, -0.25) is 0 Å². The fraction of sp³-hybridized carbons (Fsp3) is 0.364. The number of amides is 2. The third-order valence-electron chi connectivity index (χ3n) is 5.11. The van der Waals surface area contributed by atoms with Crippen molar-refractivity contribution in [2.24, 2.45) is 0 Å². The minimum absolute atomic E-state index is 0.0314. The molecule has 176 valence electrons. The first-order chi connectivity index (χ1) is 16.0. The first-order valence-corrected chi connectivity index (χ1v) is 13.2. The van der Waals surface area contributed by atoms with Crippen molar-refractivity contribution in [3.8, 4) is 0 Å².